The Morgan fingerprint density at radius 1 is 1.43 bits per heavy atom. The second kappa shape index (κ2) is 5.66. The highest BCUT2D eigenvalue weighted by atomic mass is 79.9. The molecular formula is C14H14BrN5O. The van der Waals surface area contributed by atoms with Crippen LogP contribution in [0.4, 0.5) is 5.69 Å². The minimum atomic E-state index is -0.458. The van der Waals surface area contributed by atoms with Gasteiger partial charge in [-0.05, 0) is 18.2 Å². The number of halogens is 1. The lowest BCUT2D eigenvalue weighted by Crippen LogP contribution is -2.16. The molecule has 0 aliphatic heterocycles. The summed E-state index contributed by atoms with van der Waals surface area (Å²) >= 11 is 3.28. The van der Waals surface area contributed by atoms with E-state index in [1.807, 2.05) is 26.8 Å². The summed E-state index contributed by atoms with van der Waals surface area (Å²) in [6, 6.07) is 7.06. The third-order valence-corrected chi connectivity index (χ3v) is 3.24. The summed E-state index contributed by atoms with van der Waals surface area (Å²) in [6.45, 7) is 5.91. The summed E-state index contributed by atoms with van der Waals surface area (Å²) in [7, 11) is 0. The SMILES string of the molecule is CC(C)(C)c1nc(C(=O)Nc2ccc(Br)cc2C#N)n[nH]1. The highest BCUT2D eigenvalue weighted by Crippen LogP contribution is 2.21. The van der Waals surface area contributed by atoms with E-state index in [0.717, 1.165) is 4.47 Å². The van der Waals surface area contributed by atoms with E-state index in [2.05, 4.69) is 36.4 Å². The lowest BCUT2D eigenvalue weighted by Gasteiger charge is -2.12. The average molecular weight is 348 g/mol. The maximum Gasteiger partial charge on any atom is 0.295 e. The first kappa shape index (κ1) is 15.2. The second-order valence-corrected chi connectivity index (χ2v) is 6.43. The van der Waals surface area contributed by atoms with Crippen LogP contribution < -0.4 is 5.32 Å². The van der Waals surface area contributed by atoms with E-state index in [9.17, 15) is 4.79 Å². The van der Waals surface area contributed by atoms with Crippen molar-refractivity contribution in [3.05, 3.63) is 39.9 Å². The second-order valence-electron chi connectivity index (χ2n) is 5.51. The number of hydrogen-bond donors (Lipinski definition) is 2. The summed E-state index contributed by atoms with van der Waals surface area (Å²) in [5, 5.41) is 18.4. The molecule has 7 heteroatoms. The molecule has 0 unspecified atom stereocenters. The summed E-state index contributed by atoms with van der Waals surface area (Å²) in [5.74, 6) is 0.219. The van der Waals surface area contributed by atoms with Crippen LogP contribution in [0.15, 0.2) is 22.7 Å². The molecule has 0 saturated carbocycles. The number of nitrogens with zero attached hydrogens (tertiary/aromatic N) is 3. The Morgan fingerprint density at radius 3 is 2.71 bits per heavy atom. The van der Waals surface area contributed by atoms with Crippen molar-refractivity contribution in [1.82, 2.24) is 15.2 Å². The van der Waals surface area contributed by atoms with Gasteiger partial charge in [0.15, 0.2) is 0 Å². The number of anilines is 1. The fourth-order valence-electron chi connectivity index (χ4n) is 1.59. The number of amides is 1. The van der Waals surface area contributed by atoms with E-state index in [4.69, 9.17) is 5.26 Å². The molecule has 2 N–H and O–H groups in total. The molecule has 1 amide bonds. The third-order valence-electron chi connectivity index (χ3n) is 2.75. The Morgan fingerprint density at radius 2 is 2.14 bits per heavy atom. The van der Waals surface area contributed by atoms with Crippen LogP contribution in [0.1, 0.15) is 42.8 Å². The van der Waals surface area contributed by atoms with Gasteiger partial charge in [-0.2, -0.15) is 5.26 Å². The van der Waals surface area contributed by atoms with Gasteiger partial charge in [0.1, 0.15) is 11.9 Å². The molecule has 21 heavy (non-hydrogen) atoms. The van der Waals surface area contributed by atoms with Crippen LogP contribution in [0.2, 0.25) is 0 Å². The minimum Gasteiger partial charge on any atom is -0.318 e. The van der Waals surface area contributed by atoms with Crippen molar-refractivity contribution in [2.75, 3.05) is 5.32 Å². The third kappa shape index (κ3) is 3.47. The zero-order valence-electron chi connectivity index (χ0n) is 11.9. The molecule has 0 saturated heterocycles. The summed E-state index contributed by atoms with van der Waals surface area (Å²) in [4.78, 5) is 16.3. The highest BCUT2D eigenvalue weighted by molar-refractivity contribution is 9.10. The predicted molar refractivity (Wildman–Crippen MR) is 81.9 cm³/mol. The van der Waals surface area contributed by atoms with Gasteiger partial charge in [0.25, 0.3) is 5.91 Å². The number of aromatic amines is 1. The van der Waals surface area contributed by atoms with Gasteiger partial charge < -0.3 is 5.32 Å². The molecular weight excluding hydrogens is 334 g/mol. The number of aromatic nitrogens is 3. The lowest BCUT2D eigenvalue weighted by molar-refractivity contribution is 0.101. The van der Waals surface area contributed by atoms with E-state index in [1.165, 1.54) is 0 Å². The summed E-state index contributed by atoms with van der Waals surface area (Å²) in [5.41, 5.74) is 0.568. The first-order valence-corrected chi connectivity index (χ1v) is 7.04. The van der Waals surface area contributed by atoms with Crippen molar-refractivity contribution in [3.63, 3.8) is 0 Å². The molecule has 0 fully saturated rings. The van der Waals surface area contributed by atoms with Gasteiger partial charge in [0, 0.05) is 9.89 Å². The Kier molecular flexibility index (Phi) is 4.09. The first-order valence-electron chi connectivity index (χ1n) is 6.25. The van der Waals surface area contributed by atoms with Gasteiger partial charge in [-0.15, -0.1) is 5.10 Å². The van der Waals surface area contributed by atoms with E-state index >= 15 is 0 Å². The van der Waals surface area contributed by atoms with Gasteiger partial charge in [-0.1, -0.05) is 36.7 Å². The smallest absolute Gasteiger partial charge is 0.295 e. The largest absolute Gasteiger partial charge is 0.318 e. The molecule has 0 aliphatic carbocycles. The van der Waals surface area contributed by atoms with Gasteiger partial charge in [0.05, 0.1) is 11.3 Å². The number of nitriles is 1. The monoisotopic (exact) mass is 347 g/mol. The number of benzene rings is 1. The molecule has 0 atom stereocenters. The molecule has 108 valence electrons. The highest BCUT2D eigenvalue weighted by Gasteiger charge is 2.21. The van der Waals surface area contributed by atoms with E-state index < -0.39 is 5.91 Å². The Labute approximate surface area is 130 Å². The van der Waals surface area contributed by atoms with Gasteiger partial charge in [-0.3, -0.25) is 9.89 Å². The first-order chi connectivity index (χ1) is 9.81. The van der Waals surface area contributed by atoms with Crippen LogP contribution in [0.5, 0.6) is 0 Å². The van der Waals surface area contributed by atoms with Crippen molar-refractivity contribution >= 4 is 27.5 Å². The van der Waals surface area contributed by atoms with Crippen molar-refractivity contribution in [2.24, 2.45) is 0 Å². The van der Waals surface area contributed by atoms with Crippen molar-refractivity contribution in [1.29, 1.82) is 5.26 Å². The maximum atomic E-state index is 12.1. The number of carbonyl (C=O) groups is 1. The number of rotatable bonds is 2. The fraction of sp³-hybridized carbons (Fsp3) is 0.286. The number of H-pyrrole nitrogens is 1. The molecule has 0 spiro atoms. The zero-order chi connectivity index (χ0) is 15.6. The topological polar surface area (TPSA) is 94.5 Å². The molecule has 0 aliphatic rings. The minimum absolute atomic E-state index is 0.0479. The van der Waals surface area contributed by atoms with Gasteiger partial charge >= 0.3 is 0 Å². The average Bonchev–Trinajstić information content (AvgIpc) is 2.90. The molecule has 1 aromatic carbocycles. The van der Waals surface area contributed by atoms with E-state index in [0.29, 0.717) is 17.1 Å². The van der Waals surface area contributed by atoms with Crippen LogP contribution in [-0.4, -0.2) is 21.1 Å². The number of carbonyl (C=O) groups excluding carboxylic acids is 1. The standard InChI is InChI=1S/C14H14BrN5O/c1-14(2,3)13-18-11(19-20-13)12(21)17-10-5-4-9(15)6-8(10)7-16/h4-6H,1-3H3,(H,17,21)(H,18,19,20). The van der Waals surface area contributed by atoms with E-state index in [-0.39, 0.29) is 11.2 Å². The van der Waals surface area contributed by atoms with Crippen LogP contribution in [0.25, 0.3) is 0 Å². The Bertz CT molecular complexity index is 724. The van der Waals surface area contributed by atoms with Crippen LogP contribution in [0, 0.1) is 11.3 Å². The molecule has 2 rings (SSSR count). The quantitative estimate of drug-likeness (QED) is 0.872. The van der Waals surface area contributed by atoms with Crippen LogP contribution in [0.3, 0.4) is 0 Å². The molecule has 6 nitrogen and oxygen atoms in total. The molecule has 0 radical (unpaired) electrons. The predicted octanol–water partition coefficient (Wildman–Crippen LogP) is 2.99. The lowest BCUT2D eigenvalue weighted by atomic mass is 9.96. The maximum absolute atomic E-state index is 12.1. The Balaban J connectivity index is 2.23. The van der Waals surface area contributed by atoms with Crippen LogP contribution in [-0.2, 0) is 5.41 Å². The Hall–Kier alpha value is -2.20. The summed E-state index contributed by atoms with van der Waals surface area (Å²) < 4.78 is 0.768. The van der Waals surface area contributed by atoms with Crippen molar-refractivity contribution in [2.45, 2.75) is 26.2 Å². The fourth-order valence-corrected chi connectivity index (χ4v) is 1.96. The van der Waals surface area contributed by atoms with Crippen molar-refractivity contribution in [3.8, 4) is 6.07 Å². The summed E-state index contributed by atoms with van der Waals surface area (Å²) in [6.07, 6.45) is 0. The van der Waals surface area contributed by atoms with E-state index in [1.54, 1.807) is 18.2 Å². The molecule has 1 heterocycles. The zero-order valence-corrected chi connectivity index (χ0v) is 13.4. The molecule has 2 aromatic rings. The normalized spacial score (nSPS) is 11.0. The van der Waals surface area contributed by atoms with Gasteiger partial charge in [-0.25, -0.2) is 4.98 Å². The van der Waals surface area contributed by atoms with Gasteiger partial charge in [0.2, 0.25) is 5.82 Å². The number of nitrogens with one attached hydrogen (secondary N) is 2. The molecule has 0 bridgehead atoms. The van der Waals surface area contributed by atoms with Crippen molar-refractivity contribution < 1.29 is 4.79 Å². The number of hydrogen-bond acceptors (Lipinski definition) is 4. The van der Waals surface area contributed by atoms with Crippen LogP contribution >= 0.6 is 15.9 Å². The molecule has 1 aromatic heterocycles.